The Bertz CT molecular complexity index is 393. The van der Waals surface area contributed by atoms with E-state index in [4.69, 9.17) is 10.5 Å². The molecule has 0 aliphatic heterocycles. The fourth-order valence-corrected chi connectivity index (χ4v) is 1.28. The number of nitrogen functional groups attached to an aromatic ring is 1. The fourth-order valence-electron chi connectivity index (χ4n) is 1.28. The third-order valence-corrected chi connectivity index (χ3v) is 1.86. The molecule has 0 aliphatic carbocycles. The van der Waals surface area contributed by atoms with E-state index in [9.17, 15) is 4.79 Å². The monoisotopic (exact) mass is 240 g/mol. The standard InChI is InChI=1S/C11H20N4O2/c1-5-6-15-7-8(12)9(14-15)13-10(16)17-11(2,3)4/h7H,5-6,12H2,1-4H3,(H,13,14,16). The highest BCUT2D eigenvalue weighted by Crippen LogP contribution is 2.17. The van der Waals surface area contributed by atoms with Gasteiger partial charge in [0, 0.05) is 6.54 Å². The lowest BCUT2D eigenvalue weighted by molar-refractivity contribution is 0.0635. The minimum absolute atomic E-state index is 0.340. The van der Waals surface area contributed by atoms with E-state index >= 15 is 0 Å². The zero-order valence-corrected chi connectivity index (χ0v) is 10.8. The number of nitrogens with two attached hydrogens (primary N) is 1. The maximum absolute atomic E-state index is 11.5. The molecule has 1 aromatic heterocycles. The highest BCUT2D eigenvalue weighted by molar-refractivity contribution is 5.87. The van der Waals surface area contributed by atoms with E-state index in [1.54, 1.807) is 31.6 Å². The van der Waals surface area contributed by atoms with Gasteiger partial charge in [-0.2, -0.15) is 5.10 Å². The second-order valence-corrected chi connectivity index (χ2v) is 4.82. The van der Waals surface area contributed by atoms with Crippen molar-refractivity contribution < 1.29 is 9.53 Å². The van der Waals surface area contributed by atoms with Gasteiger partial charge in [-0.3, -0.25) is 10.00 Å². The SMILES string of the molecule is CCCn1cc(N)c(NC(=O)OC(C)(C)C)n1. The maximum atomic E-state index is 11.5. The first kappa shape index (κ1) is 13.3. The summed E-state index contributed by atoms with van der Waals surface area (Å²) in [7, 11) is 0. The van der Waals surface area contributed by atoms with Crippen LogP contribution in [-0.4, -0.2) is 21.5 Å². The average molecular weight is 240 g/mol. The van der Waals surface area contributed by atoms with E-state index in [1.807, 2.05) is 6.92 Å². The summed E-state index contributed by atoms with van der Waals surface area (Å²) in [5, 5.41) is 6.68. The molecule has 6 nitrogen and oxygen atoms in total. The van der Waals surface area contributed by atoms with Gasteiger partial charge in [0.1, 0.15) is 5.60 Å². The highest BCUT2D eigenvalue weighted by atomic mass is 16.6. The Kier molecular flexibility index (Phi) is 3.98. The van der Waals surface area contributed by atoms with E-state index in [0.29, 0.717) is 11.5 Å². The Hall–Kier alpha value is -1.72. The van der Waals surface area contributed by atoms with Crippen LogP contribution in [0.1, 0.15) is 34.1 Å². The molecule has 1 aromatic rings. The van der Waals surface area contributed by atoms with Crippen LogP contribution in [0.4, 0.5) is 16.3 Å². The van der Waals surface area contributed by atoms with E-state index < -0.39 is 11.7 Å². The number of hydrogen-bond acceptors (Lipinski definition) is 4. The molecule has 0 aromatic carbocycles. The molecule has 0 fully saturated rings. The van der Waals surface area contributed by atoms with Crippen LogP contribution in [0.2, 0.25) is 0 Å². The number of hydrogen-bond donors (Lipinski definition) is 2. The molecule has 3 N–H and O–H groups in total. The van der Waals surface area contributed by atoms with Crippen molar-refractivity contribution in [1.82, 2.24) is 9.78 Å². The molecule has 0 aliphatic rings. The lowest BCUT2D eigenvalue weighted by atomic mass is 10.2. The zero-order valence-electron chi connectivity index (χ0n) is 10.8. The maximum Gasteiger partial charge on any atom is 0.413 e. The predicted octanol–water partition coefficient (Wildman–Crippen LogP) is 2.22. The number of nitrogens with one attached hydrogen (secondary N) is 1. The molecule has 1 amide bonds. The van der Waals surface area contributed by atoms with Crippen LogP contribution in [0.5, 0.6) is 0 Å². The van der Waals surface area contributed by atoms with E-state index in [2.05, 4.69) is 10.4 Å². The Morgan fingerprint density at radius 1 is 1.59 bits per heavy atom. The summed E-state index contributed by atoms with van der Waals surface area (Å²) >= 11 is 0. The van der Waals surface area contributed by atoms with Crippen molar-refractivity contribution in [2.24, 2.45) is 0 Å². The predicted molar refractivity (Wildman–Crippen MR) is 66.8 cm³/mol. The number of ether oxygens (including phenoxy) is 1. The van der Waals surface area contributed by atoms with Crippen molar-refractivity contribution in [2.45, 2.75) is 46.3 Å². The highest BCUT2D eigenvalue weighted by Gasteiger charge is 2.18. The summed E-state index contributed by atoms with van der Waals surface area (Å²) in [6, 6.07) is 0. The van der Waals surface area contributed by atoms with Gasteiger partial charge in [0.2, 0.25) is 0 Å². The number of carbonyl (C=O) groups is 1. The lowest BCUT2D eigenvalue weighted by Crippen LogP contribution is -2.27. The summed E-state index contributed by atoms with van der Waals surface area (Å²) < 4.78 is 6.81. The summed E-state index contributed by atoms with van der Waals surface area (Å²) in [5.74, 6) is 0.340. The van der Waals surface area contributed by atoms with Crippen LogP contribution in [0.3, 0.4) is 0 Å². The van der Waals surface area contributed by atoms with Crippen molar-refractivity contribution in [3.8, 4) is 0 Å². The number of nitrogens with zero attached hydrogens (tertiary/aromatic N) is 2. The normalized spacial score (nSPS) is 11.3. The van der Waals surface area contributed by atoms with Crippen molar-refractivity contribution in [2.75, 3.05) is 11.1 Å². The van der Waals surface area contributed by atoms with E-state index in [1.165, 1.54) is 0 Å². The van der Waals surface area contributed by atoms with Gasteiger partial charge in [0.15, 0.2) is 5.82 Å². The Balaban J connectivity index is 2.65. The molecule has 0 saturated carbocycles. The molecule has 96 valence electrons. The summed E-state index contributed by atoms with van der Waals surface area (Å²) in [6.45, 7) is 8.20. The number of carbonyl (C=O) groups excluding carboxylic acids is 1. The minimum Gasteiger partial charge on any atom is -0.444 e. The molecule has 0 spiro atoms. The molecule has 0 bridgehead atoms. The van der Waals surface area contributed by atoms with Crippen LogP contribution in [0.25, 0.3) is 0 Å². The largest absolute Gasteiger partial charge is 0.444 e. The Morgan fingerprint density at radius 3 is 2.76 bits per heavy atom. The molecule has 0 atom stereocenters. The van der Waals surface area contributed by atoms with E-state index in [0.717, 1.165) is 13.0 Å². The Morgan fingerprint density at radius 2 is 2.24 bits per heavy atom. The first-order chi connectivity index (χ1) is 7.81. The molecule has 1 heterocycles. The van der Waals surface area contributed by atoms with Gasteiger partial charge in [0.05, 0.1) is 11.9 Å². The zero-order chi connectivity index (χ0) is 13.1. The van der Waals surface area contributed by atoms with Crippen LogP contribution in [0.15, 0.2) is 6.20 Å². The number of aromatic nitrogens is 2. The molecular weight excluding hydrogens is 220 g/mol. The third-order valence-electron chi connectivity index (χ3n) is 1.86. The lowest BCUT2D eigenvalue weighted by Gasteiger charge is -2.19. The number of aryl methyl sites for hydroxylation is 1. The smallest absolute Gasteiger partial charge is 0.413 e. The minimum atomic E-state index is -0.550. The fraction of sp³-hybridized carbons (Fsp3) is 0.636. The Labute approximate surface area is 101 Å². The van der Waals surface area contributed by atoms with Crippen molar-refractivity contribution in [3.05, 3.63) is 6.20 Å². The molecule has 6 heteroatoms. The van der Waals surface area contributed by atoms with Crippen molar-refractivity contribution >= 4 is 17.6 Å². The third kappa shape index (κ3) is 4.34. The molecule has 0 radical (unpaired) electrons. The van der Waals surface area contributed by atoms with Crippen molar-refractivity contribution in [3.63, 3.8) is 0 Å². The molecule has 0 unspecified atom stereocenters. The first-order valence-electron chi connectivity index (χ1n) is 5.64. The molecule has 0 saturated heterocycles. The first-order valence-corrected chi connectivity index (χ1v) is 5.64. The second kappa shape index (κ2) is 5.07. The molecule has 17 heavy (non-hydrogen) atoms. The van der Waals surface area contributed by atoms with Gasteiger partial charge < -0.3 is 10.5 Å². The average Bonchev–Trinajstić information content (AvgIpc) is 2.44. The quantitative estimate of drug-likeness (QED) is 0.848. The summed E-state index contributed by atoms with van der Waals surface area (Å²) in [6.07, 6.45) is 2.09. The summed E-state index contributed by atoms with van der Waals surface area (Å²) in [5.41, 5.74) is 5.63. The van der Waals surface area contributed by atoms with Gasteiger partial charge in [0.25, 0.3) is 0 Å². The van der Waals surface area contributed by atoms with Gasteiger partial charge in [-0.15, -0.1) is 0 Å². The van der Waals surface area contributed by atoms with Crippen molar-refractivity contribution in [1.29, 1.82) is 0 Å². The number of anilines is 2. The van der Waals surface area contributed by atoms with E-state index in [-0.39, 0.29) is 0 Å². The van der Waals surface area contributed by atoms with Crippen LogP contribution in [0, 0.1) is 0 Å². The number of amides is 1. The van der Waals surface area contributed by atoms with Crippen LogP contribution >= 0.6 is 0 Å². The summed E-state index contributed by atoms with van der Waals surface area (Å²) in [4.78, 5) is 11.5. The van der Waals surface area contributed by atoms with Crippen LogP contribution in [-0.2, 0) is 11.3 Å². The van der Waals surface area contributed by atoms with Gasteiger partial charge >= 0.3 is 6.09 Å². The second-order valence-electron chi connectivity index (χ2n) is 4.82. The number of rotatable bonds is 3. The molecule has 1 rings (SSSR count). The molecular formula is C11H20N4O2. The topological polar surface area (TPSA) is 82.2 Å². The van der Waals surface area contributed by atoms with Gasteiger partial charge in [-0.05, 0) is 27.2 Å². The van der Waals surface area contributed by atoms with Gasteiger partial charge in [-0.1, -0.05) is 6.92 Å². The van der Waals surface area contributed by atoms with Crippen LogP contribution < -0.4 is 11.1 Å². The van der Waals surface area contributed by atoms with Gasteiger partial charge in [-0.25, -0.2) is 4.79 Å².